The molecule has 1 N–H and O–H groups in total. The Labute approximate surface area is 150 Å². The fraction of sp³-hybridized carbons (Fsp3) is 0.632. The molecule has 0 aromatic heterocycles. The molecule has 0 saturated carbocycles. The van der Waals surface area contributed by atoms with Crippen molar-refractivity contribution in [3.05, 3.63) is 29.8 Å². The number of nitrogens with one attached hydrogen (secondary N) is 1. The molecule has 0 bridgehead atoms. The molecule has 2 atom stereocenters. The van der Waals surface area contributed by atoms with E-state index in [0.29, 0.717) is 31.1 Å². The number of rotatable bonds is 9. The minimum Gasteiger partial charge on any atom is -0.491 e. The molecule has 140 valence electrons. The molecule has 6 heteroatoms. The van der Waals surface area contributed by atoms with Crippen molar-refractivity contribution < 1.29 is 19.0 Å². The molecular formula is C19H30N2O4. The van der Waals surface area contributed by atoms with Crippen LogP contribution >= 0.6 is 0 Å². The third-order valence-electron chi connectivity index (χ3n) is 4.08. The van der Waals surface area contributed by atoms with Crippen molar-refractivity contribution in [2.45, 2.75) is 32.5 Å². The maximum absolute atomic E-state index is 12.3. The maximum atomic E-state index is 12.3. The standard InChI is InChI=1S/C19H30N2O4/c1-15-13-21(14-16(2)25-15)9-5-8-20-19(22)17-6-4-7-18(12-17)24-11-10-23-3/h4,6-7,12,15-16H,5,8-11,13-14H2,1-3H3,(H,20,22). The lowest BCUT2D eigenvalue weighted by atomic mass is 10.2. The molecule has 0 spiro atoms. The van der Waals surface area contributed by atoms with Gasteiger partial charge in [-0.3, -0.25) is 9.69 Å². The molecule has 1 aliphatic heterocycles. The first-order valence-corrected chi connectivity index (χ1v) is 8.96. The normalized spacial score (nSPS) is 21.1. The van der Waals surface area contributed by atoms with Gasteiger partial charge in [0.1, 0.15) is 12.4 Å². The van der Waals surface area contributed by atoms with Crippen LogP contribution in [-0.2, 0) is 9.47 Å². The van der Waals surface area contributed by atoms with E-state index in [1.807, 2.05) is 12.1 Å². The summed E-state index contributed by atoms with van der Waals surface area (Å²) < 4.78 is 16.2. The monoisotopic (exact) mass is 350 g/mol. The van der Waals surface area contributed by atoms with Crippen molar-refractivity contribution in [1.29, 1.82) is 0 Å². The van der Waals surface area contributed by atoms with Crippen LogP contribution in [0.25, 0.3) is 0 Å². The van der Waals surface area contributed by atoms with Gasteiger partial charge in [0.25, 0.3) is 5.91 Å². The summed E-state index contributed by atoms with van der Waals surface area (Å²) in [5.41, 5.74) is 0.614. The van der Waals surface area contributed by atoms with Gasteiger partial charge in [-0.25, -0.2) is 0 Å². The number of methoxy groups -OCH3 is 1. The number of benzene rings is 1. The van der Waals surface area contributed by atoms with Crippen molar-refractivity contribution in [1.82, 2.24) is 10.2 Å². The van der Waals surface area contributed by atoms with Gasteiger partial charge >= 0.3 is 0 Å². The third kappa shape index (κ3) is 7.02. The average Bonchev–Trinajstić information content (AvgIpc) is 2.58. The fourth-order valence-corrected chi connectivity index (χ4v) is 3.04. The topological polar surface area (TPSA) is 60.0 Å². The second-order valence-corrected chi connectivity index (χ2v) is 6.50. The summed E-state index contributed by atoms with van der Waals surface area (Å²) in [7, 11) is 1.63. The van der Waals surface area contributed by atoms with Gasteiger partial charge in [-0.05, 0) is 38.5 Å². The molecule has 1 saturated heterocycles. The number of ether oxygens (including phenoxy) is 3. The predicted molar refractivity (Wildman–Crippen MR) is 97.2 cm³/mol. The Morgan fingerprint density at radius 1 is 1.28 bits per heavy atom. The van der Waals surface area contributed by atoms with E-state index in [1.54, 1.807) is 19.2 Å². The summed E-state index contributed by atoms with van der Waals surface area (Å²) >= 11 is 0. The van der Waals surface area contributed by atoms with E-state index in [2.05, 4.69) is 24.1 Å². The lowest BCUT2D eigenvalue weighted by Gasteiger charge is -2.35. The summed E-state index contributed by atoms with van der Waals surface area (Å²) in [6.45, 7) is 8.75. The zero-order valence-corrected chi connectivity index (χ0v) is 15.5. The number of amides is 1. The van der Waals surface area contributed by atoms with Crippen LogP contribution in [0.3, 0.4) is 0 Å². The number of hydrogen-bond acceptors (Lipinski definition) is 5. The Hall–Kier alpha value is -1.63. The van der Waals surface area contributed by atoms with Gasteiger partial charge in [-0.2, -0.15) is 0 Å². The van der Waals surface area contributed by atoms with Gasteiger partial charge in [0.15, 0.2) is 0 Å². The van der Waals surface area contributed by atoms with Crippen LogP contribution in [0.5, 0.6) is 5.75 Å². The molecule has 1 aliphatic rings. The van der Waals surface area contributed by atoms with Crippen LogP contribution in [0, 0.1) is 0 Å². The minimum atomic E-state index is -0.0686. The van der Waals surface area contributed by atoms with E-state index >= 15 is 0 Å². The quantitative estimate of drug-likeness (QED) is 0.690. The van der Waals surface area contributed by atoms with Crippen LogP contribution in [0.15, 0.2) is 24.3 Å². The zero-order chi connectivity index (χ0) is 18.1. The molecular weight excluding hydrogens is 320 g/mol. The van der Waals surface area contributed by atoms with E-state index in [4.69, 9.17) is 14.2 Å². The van der Waals surface area contributed by atoms with E-state index in [1.165, 1.54) is 0 Å². The van der Waals surface area contributed by atoms with Gasteiger partial charge in [0.2, 0.25) is 0 Å². The molecule has 1 aromatic rings. The number of morpholine rings is 1. The highest BCUT2D eigenvalue weighted by molar-refractivity contribution is 5.94. The van der Waals surface area contributed by atoms with Crippen LogP contribution < -0.4 is 10.1 Å². The number of carbonyl (C=O) groups is 1. The van der Waals surface area contributed by atoms with E-state index in [9.17, 15) is 4.79 Å². The van der Waals surface area contributed by atoms with Gasteiger partial charge < -0.3 is 19.5 Å². The van der Waals surface area contributed by atoms with Crippen molar-refractivity contribution in [2.24, 2.45) is 0 Å². The Balaban J connectivity index is 1.70. The van der Waals surface area contributed by atoms with Crippen molar-refractivity contribution in [3.63, 3.8) is 0 Å². The fourth-order valence-electron chi connectivity index (χ4n) is 3.04. The average molecular weight is 350 g/mol. The number of nitrogens with zero attached hydrogens (tertiary/aromatic N) is 1. The second kappa shape index (κ2) is 10.4. The molecule has 1 fully saturated rings. The van der Waals surface area contributed by atoms with Crippen LogP contribution in [-0.4, -0.2) is 69.5 Å². The zero-order valence-electron chi connectivity index (χ0n) is 15.5. The van der Waals surface area contributed by atoms with Gasteiger partial charge in [0.05, 0.1) is 18.8 Å². The maximum Gasteiger partial charge on any atom is 0.251 e. The SMILES string of the molecule is COCCOc1cccc(C(=O)NCCCN2CC(C)OC(C)C2)c1. The van der Waals surface area contributed by atoms with Gasteiger partial charge in [-0.1, -0.05) is 6.07 Å². The first-order valence-electron chi connectivity index (χ1n) is 8.96. The highest BCUT2D eigenvalue weighted by Gasteiger charge is 2.21. The Kier molecular flexibility index (Phi) is 8.18. The van der Waals surface area contributed by atoms with Crippen molar-refractivity contribution in [3.8, 4) is 5.75 Å². The molecule has 1 amide bonds. The largest absolute Gasteiger partial charge is 0.491 e. The van der Waals surface area contributed by atoms with Crippen LogP contribution in [0.2, 0.25) is 0 Å². The first-order chi connectivity index (χ1) is 12.1. The predicted octanol–water partition coefficient (Wildman–Crippen LogP) is 1.94. The Bertz CT molecular complexity index is 528. The van der Waals surface area contributed by atoms with E-state index in [0.717, 1.165) is 26.1 Å². The lowest BCUT2D eigenvalue weighted by Crippen LogP contribution is -2.46. The van der Waals surface area contributed by atoms with E-state index in [-0.39, 0.29) is 18.1 Å². The van der Waals surface area contributed by atoms with Gasteiger partial charge in [-0.15, -0.1) is 0 Å². The second-order valence-electron chi connectivity index (χ2n) is 6.50. The highest BCUT2D eigenvalue weighted by atomic mass is 16.5. The first kappa shape index (κ1) is 19.7. The molecule has 2 rings (SSSR count). The van der Waals surface area contributed by atoms with E-state index < -0.39 is 0 Å². The molecule has 1 heterocycles. The molecule has 6 nitrogen and oxygen atoms in total. The van der Waals surface area contributed by atoms with Crippen LogP contribution in [0.4, 0.5) is 0 Å². The molecule has 25 heavy (non-hydrogen) atoms. The smallest absolute Gasteiger partial charge is 0.251 e. The summed E-state index contributed by atoms with van der Waals surface area (Å²) in [5, 5.41) is 2.98. The number of hydrogen-bond donors (Lipinski definition) is 1. The molecule has 0 radical (unpaired) electrons. The summed E-state index contributed by atoms with van der Waals surface area (Å²) in [6.07, 6.45) is 1.48. The Morgan fingerprint density at radius 2 is 2.04 bits per heavy atom. The van der Waals surface area contributed by atoms with Crippen molar-refractivity contribution in [2.75, 3.05) is 46.5 Å². The van der Waals surface area contributed by atoms with Crippen molar-refractivity contribution >= 4 is 5.91 Å². The molecule has 1 aromatic carbocycles. The minimum absolute atomic E-state index is 0.0686. The summed E-state index contributed by atoms with van der Waals surface area (Å²) in [6, 6.07) is 7.22. The number of carbonyl (C=O) groups excluding carboxylic acids is 1. The molecule has 2 unspecified atom stereocenters. The molecule has 0 aliphatic carbocycles. The highest BCUT2D eigenvalue weighted by Crippen LogP contribution is 2.13. The van der Waals surface area contributed by atoms with Gasteiger partial charge in [0, 0.05) is 38.9 Å². The third-order valence-corrected chi connectivity index (χ3v) is 4.08. The Morgan fingerprint density at radius 3 is 2.76 bits per heavy atom. The lowest BCUT2D eigenvalue weighted by molar-refractivity contribution is -0.0679. The summed E-state index contributed by atoms with van der Waals surface area (Å²) in [5.74, 6) is 0.613. The summed E-state index contributed by atoms with van der Waals surface area (Å²) in [4.78, 5) is 14.7. The van der Waals surface area contributed by atoms with Crippen LogP contribution in [0.1, 0.15) is 30.6 Å².